The summed E-state index contributed by atoms with van der Waals surface area (Å²) < 4.78 is 32.2. The van der Waals surface area contributed by atoms with Crippen molar-refractivity contribution < 1.29 is 57.2 Å². The first-order valence-corrected chi connectivity index (χ1v) is 21.2. The minimum absolute atomic E-state index is 0.0145. The van der Waals surface area contributed by atoms with E-state index in [-0.39, 0.29) is 52.4 Å². The van der Waals surface area contributed by atoms with Gasteiger partial charge in [0.2, 0.25) is 0 Å². The molecular weight excluding hydrogens is 773 g/mol. The number of nitrogens with one attached hydrogen (secondary N) is 2. The third kappa shape index (κ3) is 17.3. The highest BCUT2D eigenvalue weighted by Gasteiger charge is 2.23. The van der Waals surface area contributed by atoms with Gasteiger partial charge in [0.1, 0.15) is 38.6 Å². The van der Waals surface area contributed by atoms with E-state index in [1.165, 1.54) is 49.7 Å². The number of unbranched alkanes of at least 4 members (excludes halogenated alkanes) is 1. The molecule has 0 spiro atoms. The van der Waals surface area contributed by atoms with Crippen molar-refractivity contribution in [2.75, 3.05) is 39.5 Å². The fraction of sp³-hybridized carbons (Fsp3) is 0.522. The van der Waals surface area contributed by atoms with Gasteiger partial charge in [-0.25, -0.2) is 28.8 Å². The minimum Gasteiger partial charge on any atom is -0.461 e. The van der Waals surface area contributed by atoms with Gasteiger partial charge in [0.15, 0.2) is 0 Å². The maximum atomic E-state index is 13.0. The Bertz CT molecular complexity index is 1570. The van der Waals surface area contributed by atoms with E-state index in [4.69, 9.17) is 28.4 Å². The number of alkyl carbamates (subject to hydrolysis) is 2. The highest BCUT2D eigenvalue weighted by Crippen LogP contribution is 2.33. The SMILES string of the molecule is C=CC(=O)OCCNC(=O)OC(CCCCC(COC(=O)c1ccc(C2CCCCC2)cc1)OC(=O)NCCOC(=O)C=C)COC(=O)c1ccc(C2CCCCC2)cc1. The molecule has 4 rings (SSSR count). The lowest BCUT2D eigenvalue weighted by atomic mass is 9.84. The van der Waals surface area contributed by atoms with Crippen LogP contribution in [0.15, 0.2) is 73.8 Å². The van der Waals surface area contributed by atoms with Gasteiger partial charge in [-0.05, 0) is 98.6 Å². The van der Waals surface area contributed by atoms with E-state index in [2.05, 4.69) is 23.8 Å². The highest BCUT2D eigenvalue weighted by molar-refractivity contribution is 5.90. The second-order valence-electron chi connectivity index (χ2n) is 15.0. The van der Waals surface area contributed by atoms with Crippen LogP contribution in [0.3, 0.4) is 0 Å². The molecule has 2 N–H and O–H groups in total. The van der Waals surface area contributed by atoms with Crippen LogP contribution in [0.1, 0.15) is 134 Å². The molecule has 0 aromatic heterocycles. The number of amides is 2. The molecular formula is C46H60N2O12. The number of carbonyl (C=O) groups is 6. The molecule has 2 saturated carbocycles. The number of benzene rings is 2. The van der Waals surface area contributed by atoms with Crippen LogP contribution in [-0.4, -0.2) is 87.8 Å². The number of hydrogen-bond acceptors (Lipinski definition) is 12. The number of carbonyl (C=O) groups excluding carboxylic acids is 6. The molecule has 2 amide bonds. The maximum Gasteiger partial charge on any atom is 0.407 e. The van der Waals surface area contributed by atoms with Gasteiger partial charge in [0.25, 0.3) is 0 Å². The van der Waals surface area contributed by atoms with Crippen LogP contribution in [-0.2, 0) is 38.0 Å². The zero-order valence-corrected chi connectivity index (χ0v) is 34.5. The summed E-state index contributed by atoms with van der Waals surface area (Å²) in [5.74, 6) is -1.39. The zero-order chi connectivity index (χ0) is 43.0. The fourth-order valence-corrected chi connectivity index (χ4v) is 7.37. The highest BCUT2D eigenvalue weighted by atomic mass is 16.6. The minimum atomic E-state index is -0.846. The van der Waals surface area contributed by atoms with Crippen molar-refractivity contribution in [2.45, 2.75) is 114 Å². The van der Waals surface area contributed by atoms with Crippen molar-refractivity contribution in [3.63, 3.8) is 0 Å². The van der Waals surface area contributed by atoms with Crippen LogP contribution >= 0.6 is 0 Å². The van der Waals surface area contributed by atoms with Crippen molar-refractivity contribution >= 4 is 36.1 Å². The Morgan fingerprint density at radius 1 is 0.550 bits per heavy atom. The second-order valence-corrected chi connectivity index (χ2v) is 15.0. The molecule has 14 nitrogen and oxygen atoms in total. The molecule has 0 bridgehead atoms. The maximum absolute atomic E-state index is 13.0. The monoisotopic (exact) mass is 832 g/mol. The predicted molar refractivity (Wildman–Crippen MR) is 222 cm³/mol. The van der Waals surface area contributed by atoms with Gasteiger partial charge in [0.05, 0.1) is 24.2 Å². The molecule has 14 heteroatoms. The Labute approximate surface area is 352 Å². The van der Waals surface area contributed by atoms with Crippen LogP contribution in [0.4, 0.5) is 9.59 Å². The summed E-state index contributed by atoms with van der Waals surface area (Å²) in [5.41, 5.74) is 3.17. The van der Waals surface area contributed by atoms with Gasteiger partial charge in [-0.1, -0.05) is 75.9 Å². The van der Waals surface area contributed by atoms with Crippen molar-refractivity contribution in [1.29, 1.82) is 0 Å². The molecule has 326 valence electrons. The average molecular weight is 833 g/mol. The van der Waals surface area contributed by atoms with Gasteiger partial charge in [0, 0.05) is 12.2 Å². The lowest BCUT2D eigenvalue weighted by Gasteiger charge is -2.22. The number of ether oxygens (including phenoxy) is 6. The standard InChI is InChI=1S/C46H60N2O12/c1-3-41(49)55-29-27-47-45(53)59-39(31-57-43(51)37-23-19-35(20-24-37)33-13-7-5-8-14-33)17-11-12-18-40(60-46(54)48-28-30-56-42(50)4-2)32-58-44(52)38-25-21-36(22-26-38)34-15-9-6-10-16-34/h3-4,19-26,33-34,39-40H,1-2,5-18,27-32H2,(H,47,53)(H,48,54). The first-order valence-electron chi connectivity index (χ1n) is 21.2. The summed E-state index contributed by atoms with van der Waals surface area (Å²) in [7, 11) is 0. The third-order valence-corrected chi connectivity index (χ3v) is 10.7. The lowest BCUT2D eigenvalue weighted by molar-refractivity contribution is -0.138. The molecule has 0 radical (unpaired) electrons. The summed E-state index contributed by atoms with van der Waals surface area (Å²) in [5, 5.41) is 5.02. The molecule has 2 aromatic carbocycles. The van der Waals surface area contributed by atoms with Crippen LogP contribution < -0.4 is 10.6 Å². The molecule has 2 aliphatic rings. The first kappa shape index (κ1) is 47.0. The fourth-order valence-electron chi connectivity index (χ4n) is 7.37. The van der Waals surface area contributed by atoms with Crippen LogP contribution in [0.2, 0.25) is 0 Å². The summed E-state index contributed by atoms with van der Waals surface area (Å²) in [6, 6.07) is 14.9. The molecule has 0 aliphatic heterocycles. The van der Waals surface area contributed by atoms with Gasteiger partial charge < -0.3 is 39.1 Å². The number of rotatable bonds is 23. The van der Waals surface area contributed by atoms with Gasteiger partial charge >= 0.3 is 36.1 Å². The molecule has 60 heavy (non-hydrogen) atoms. The normalized spacial score (nSPS) is 15.3. The Morgan fingerprint density at radius 3 is 1.27 bits per heavy atom. The first-order chi connectivity index (χ1) is 29.1. The van der Waals surface area contributed by atoms with Crippen molar-refractivity contribution in [1.82, 2.24) is 10.6 Å². The molecule has 2 aromatic rings. The van der Waals surface area contributed by atoms with Gasteiger partial charge in [-0.15, -0.1) is 0 Å². The van der Waals surface area contributed by atoms with E-state index in [0.29, 0.717) is 35.8 Å². The van der Waals surface area contributed by atoms with E-state index < -0.39 is 48.3 Å². The van der Waals surface area contributed by atoms with Crippen molar-refractivity contribution in [2.24, 2.45) is 0 Å². The van der Waals surface area contributed by atoms with E-state index in [1.807, 2.05) is 24.3 Å². The molecule has 2 atom stereocenters. The summed E-state index contributed by atoms with van der Waals surface area (Å²) >= 11 is 0. The Morgan fingerprint density at radius 2 is 0.917 bits per heavy atom. The summed E-state index contributed by atoms with van der Waals surface area (Å²) in [4.78, 5) is 74.1. The van der Waals surface area contributed by atoms with Gasteiger partial charge in [-0.2, -0.15) is 0 Å². The second kappa shape index (κ2) is 26.4. The number of hydrogen-bond donors (Lipinski definition) is 2. The van der Waals surface area contributed by atoms with Crippen molar-refractivity contribution in [3.05, 3.63) is 96.1 Å². The lowest BCUT2D eigenvalue weighted by Crippen LogP contribution is -2.34. The van der Waals surface area contributed by atoms with Crippen molar-refractivity contribution in [3.8, 4) is 0 Å². The average Bonchev–Trinajstić information content (AvgIpc) is 3.29. The molecule has 0 heterocycles. The van der Waals surface area contributed by atoms with Crippen LogP contribution in [0.5, 0.6) is 0 Å². The summed E-state index contributed by atoms with van der Waals surface area (Å²) in [6.07, 6.45) is 12.0. The Balaban J connectivity index is 1.32. The molecule has 2 aliphatic carbocycles. The Kier molecular flexibility index (Phi) is 20.7. The quantitative estimate of drug-likeness (QED) is 0.0477. The summed E-state index contributed by atoms with van der Waals surface area (Å²) in [6.45, 7) is 5.99. The number of esters is 4. The Hall–Kier alpha value is -5.66. The van der Waals surface area contributed by atoms with E-state index >= 15 is 0 Å². The van der Waals surface area contributed by atoms with Gasteiger partial charge in [-0.3, -0.25) is 0 Å². The third-order valence-electron chi connectivity index (χ3n) is 10.7. The molecule has 2 fully saturated rings. The zero-order valence-electron chi connectivity index (χ0n) is 34.5. The van der Waals surface area contributed by atoms with E-state index in [0.717, 1.165) is 37.8 Å². The van der Waals surface area contributed by atoms with Crippen LogP contribution in [0, 0.1) is 0 Å². The van der Waals surface area contributed by atoms with Crippen LogP contribution in [0.25, 0.3) is 0 Å². The van der Waals surface area contributed by atoms with E-state index in [1.54, 1.807) is 24.3 Å². The smallest absolute Gasteiger partial charge is 0.407 e. The molecule has 2 unspecified atom stereocenters. The molecule has 0 saturated heterocycles. The predicted octanol–water partition coefficient (Wildman–Crippen LogP) is 8.00. The largest absolute Gasteiger partial charge is 0.461 e. The van der Waals surface area contributed by atoms with E-state index in [9.17, 15) is 28.8 Å². The topological polar surface area (TPSA) is 182 Å².